The number of hydrogen-bond acceptors (Lipinski definition) is 7. The second-order valence-electron chi connectivity index (χ2n) is 6.21. The van der Waals surface area contributed by atoms with Gasteiger partial charge in [-0.2, -0.15) is 0 Å². The van der Waals surface area contributed by atoms with E-state index in [4.69, 9.17) is 9.47 Å². The van der Waals surface area contributed by atoms with Crippen LogP contribution in [-0.2, 0) is 14.8 Å². The van der Waals surface area contributed by atoms with E-state index in [0.29, 0.717) is 29.7 Å². The summed E-state index contributed by atoms with van der Waals surface area (Å²) in [6, 6.07) is 10.5. The maximum atomic E-state index is 12.1. The number of rotatable bonds is 7. The molecule has 28 heavy (non-hydrogen) atoms. The summed E-state index contributed by atoms with van der Waals surface area (Å²) in [5, 5.41) is 3.38. The zero-order chi connectivity index (χ0) is 20.1. The molecule has 150 valence electrons. The molecule has 0 radical (unpaired) electrons. The molecule has 0 aliphatic carbocycles. The molecule has 1 atom stereocenters. The van der Waals surface area contributed by atoms with Crippen LogP contribution in [0, 0.1) is 0 Å². The Morgan fingerprint density at radius 3 is 2.68 bits per heavy atom. The second-order valence-corrected chi connectivity index (χ2v) is 9.36. The number of carbonyl (C=O) groups is 1. The summed E-state index contributed by atoms with van der Waals surface area (Å²) in [6.07, 6.45) is 1.04. The first-order valence-corrected chi connectivity index (χ1v) is 11.0. The molecule has 10 heteroatoms. The number of aromatic nitrogens is 1. The molecule has 8 nitrogen and oxygen atoms in total. The number of para-hydroxylation sites is 2. The van der Waals surface area contributed by atoms with Crippen molar-refractivity contribution in [3.8, 4) is 11.5 Å². The predicted molar refractivity (Wildman–Crippen MR) is 105 cm³/mol. The summed E-state index contributed by atoms with van der Waals surface area (Å²) < 4.78 is 36.6. The van der Waals surface area contributed by atoms with E-state index in [9.17, 15) is 13.2 Å². The second kappa shape index (κ2) is 8.80. The quantitative estimate of drug-likeness (QED) is 0.672. The minimum atomic E-state index is -3.51. The van der Waals surface area contributed by atoms with Crippen LogP contribution in [0.25, 0.3) is 0 Å². The van der Waals surface area contributed by atoms with Crippen molar-refractivity contribution >= 4 is 27.7 Å². The lowest BCUT2D eigenvalue weighted by Crippen LogP contribution is -2.41. The number of nitrogens with zero attached hydrogens (tertiary/aromatic N) is 2. The Balaban J connectivity index is 1.45. The molecule has 1 aromatic carbocycles. The average Bonchev–Trinajstić information content (AvgIpc) is 2.70. The van der Waals surface area contributed by atoms with Crippen molar-refractivity contribution in [3.63, 3.8) is 0 Å². The van der Waals surface area contributed by atoms with E-state index in [2.05, 4.69) is 10.3 Å². The number of nitrogens with one attached hydrogen (secondary N) is 1. The highest BCUT2D eigenvalue weighted by Gasteiger charge is 2.21. The number of amides is 1. The molecule has 1 N–H and O–H groups in total. The molecule has 0 bridgehead atoms. The molecule has 1 aliphatic rings. The van der Waals surface area contributed by atoms with Crippen LogP contribution in [0.5, 0.6) is 11.5 Å². The van der Waals surface area contributed by atoms with E-state index in [0.717, 1.165) is 4.31 Å². The molecule has 2 aromatic rings. The van der Waals surface area contributed by atoms with Gasteiger partial charge < -0.3 is 14.8 Å². The van der Waals surface area contributed by atoms with Crippen LogP contribution < -0.4 is 14.8 Å². The van der Waals surface area contributed by atoms with Gasteiger partial charge in [0.25, 0.3) is 0 Å². The van der Waals surface area contributed by atoms with Gasteiger partial charge in [-0.3, -0.25) is 4.79 Å². The lowest BCUT2D eigenvalue weighted by Gasteiger charge is -2.26. The molecular weight excluding hydrogens is 402 g/mol. The highest BCUT2D eigenvalue weighted by molar-refractivity contribution is 7.99. The van der Waals surface area contributed by atoms with Crippen LogP contribution in [0.2, 0.25) is 0 Å². The number of fused-ring (bicyclic) bond motifs is 1. The summed E-state index contributed by atoms with van der Waals surface area (Å²) in [4.78, 5) is 16.3. The minimum absolute atomic E-state index is 0.112. The summed E-state index contributed by atoms with van der Waals surface area (Å²) in [7, 11) is -0.590. The van der Waals surface area contributed by atoms with Gasteiger partial charge in [-0.1, -0.05) is 23.9 Å². The van der Waals surface area contributed by atoms with Crippen molar-refractivity contribution in [3.05, 3.63) is 42.6 Å². The van der Waals surface area contributed by atoms with E-state index in [1.54, 1.807) is 6.07 Å². The van der Waals surface area contributed by atoms with E-state index in [-0.39, 0.29) is 22.7 Å². The summed E-state index contributed by atoms with van der Waals surface area (Å²) in [5.74, 6) is 1.36. The summed E-state index contributed by atoms with van der Waals surface area (Å²) in [6.45, 7) is 0.703. The van der Waals surface area contributed by atoms with Crippen molar-refractivity contribution in [2.75, 3.05) is 33.0 Å². The van der Waals surface area contributed by atoms with Gasteiger partial charge in [0.1, 0.15) is 17.6 Å². The predicted octanol–water partition coefficient (Wildman–Crippen LogP) is 1.38. The normalized spacial score (nSPS) is 16.0. The van der Waals surface area contributed by atoms with Gasteiger partial charge in [-0.05, 0) is 24.3 Å². The fourth-order valence-electron chi connectivity index (χ4n) is 2.40. The molecule has 0 saturated carbocycles. The minimum Gasteiger partial charge on any atom is -0.486 e. The fourth-order valence-corrected chi connectivity index (χ4v) is 3.92. The van der Waals surface area contributed by atoms with Crippen LogP contribution in [0.3, 0.4) is 0 Å². The standard InChI is InChI=1S/C18H21N3O5S2/c1-21(2)28(23,24)14-7-8-18(20-10-14)27-12-17(22)19-9-13-11-25-15-5-3-4-6-16(15)26-13/h3-8,10,13H,9,11-12H2,1-2H3,(H,19,22). The van der Waals surface area contributed by atoms with E-state index < -0.39 is 10.0 Å². The first kappa shape index (κ1) is 20.4. The molecule has 1 amide bonds. The largest absolute Gasteiger partial charge is 0.486 e. The van der Waals surface area contributed by atoms with Gasteiger partial charge in [0.15, 0.2) is 11.5 Å². The van der Waals surface area contributed by atoms with Gasteiger partial charge in [0.2, 0.25) is 15.9 Å². The number of carbonyl (C=O) groups excluding carboxylic acids is 1. The Bertz CT molecular complexity index is 932. The van der Waals surface area contributed by atoms with Crippen LogP contribution in [0.1, 0.15) is 0 Å². The number of pyridine rings is 1. The third kappa shape index (κ3) is 4.94. The van der Waals surface area contributed by atoms with Gasteiger partial charge in [-0.25, -0.2) is 17.7 Å². The number of benzene rings is 1. The van der Waals surface area contributed by atoms with Crippen LogP contribution >= 0.6 is 11.8 Å². The fraction of sp³-hybridized carbons (Fsp3) is 0.333. The summed E-state index contributed by atoms with van der Waals surface area (Å²) in [5.41, 5.74) is 0. The highest BCUT2D eigenvalue weighted by atomic mass is 32.2. The smallest absolute Gasteiger partial charge is 0.244 e. The zero-order valence-electron chi connectivity index (χ0n) is 15.5. The first-order valence-electron chi connectivity index (χ1n) is 8.53. The van der Waals surface area contributed by atoms with Crippen molar-refractivity contribution in [1.29, 1.82) is 0 Å². The lowest BCUT2D eigenvalue weighted by molar-refractivity contribution is -0.119. The molecular formula is C18H21N3O5S2. The maximum absolute atomic E-state index is 12.1. The van der Waals surface area contributed by atoms with Gasteiger partial charge in [-0.15, -0.1) is 0 Å². The molecule has 0 spiro atoms. The Hall–Kier alpha value is -2.30. The average molecular weight is 424 g/mol. The van der Waals surface area contributed by atoms with Crippen molar-refractivity contribution in [2.24, 2.45) is 0 Å². The number of hydrogen-bond donors (Lipinski definition) is 1. The van der Waals surface area contributed by atoms with Crippen LogP contribution in [-0.4, -0.2) is 62.7 Å². The van der Waals surface area contributed by atoms with E-state index in [1.807, 2.05) is 24.3 Å². The van der Waals surface area contributed by atoms with Crippen LogP contribution in [0.4, 0.5) is 0 Å². The Labute approximate surface area is 168 Å². The SMILES string of the molecule is CN(C)S(=O)(=O)c1ccc(SCC(=O)NCC2COc3ccccc3O2)nc1. The molecule has 0 saturated heterocycles. The van der Waals surface area contributed by atoms with Gasteiger partial charge >= 0.3 is 0 Å². The number of ether oxygens (including phenoxy) is 2. The third-order valence-electron chi connectivity index (χ3n) is 3.93. The van der Waals surface area contributed by atoms with Crippen LogP contribution in [0.15, 0.2) is 52.5 Å². The highest BCUT2D eigenvalue weighted by Crippen LogP contribution is 2.30. The topological polar surface area (TPSA) is 97.8 Å². The maximum Gasteiger partial charge on any atom is 0.244 e. The van der Waals surface area contributed by atoms with E-state index >= 15 is 0 Å². The number of thioether (sulfide) groups is 1. The van der Waals surface area contributed by atoms with Gasteiger partial charge in [0.05, 0.1) is 17.3 Å². The van der Waals surface area contributed by atoms with Crippen molar-refractivity contribution < 1.29 is 22.7 Å². The van der Waals surface area contributed by atoms with Gasteiger partial charge in [0, 0.05) is 20.3 Å². The van der Waals surface area contributed by atoms with E-state index in [1.165, 1.54) is 38.1 Å². The Kier molecular flexibility index (Phi) is 6.42. The Morgan fingerprint density at radius 2 is 2.00 bits per heavy atom. The summed E-state index contributed by atoms with van der Waals surface area (Å²) >= 11 is 1.23. The third-order valence-corrected chi connectivity index (χ3v) is 6.68. The molecule has 2 heterocycles. The monoisotopic (exact) mass is 423 g/mol. The zero-order valence-corrected chi connectivity index (χ0v) is 17.1. The molecule has 1 aromatic heterocycles. The molecule has 1 unspecified atom stereocenters. The molecule has 0 fully saturated rings. The first-order chi connectivity index (χ1) is 13.4. The van der Waals surface area contributed by atoms with Crippen molar-refractivity contribution in [2.45, 2.75) is 16.0 Å². The Morgan fingerprint density at radius 1 is 1.25 bits per heavy atom. The number of sulfonamides is 1. The van der Waals surface area contributed by atoms with Crippen molar-refractivity contribution in [1.82, 2.24) is 14.6 Å². The molecule has 1 aliphatic heterocycles. The lowest BCUT2D eigenvalue weighted by atomic mass is 10.2. The molecule has 3 rings (SSSR count).